The maximum atomic E-state index is 16.9. The molecule has 8 nitrogen and oxygen atoms in total. The van der Waals surface area contributed by atoms with E-state index in [1.54, 1.807) is 12.3 Å². The van der Waals surface area contributed by atoms with E-state index in [0.717, 1.165) is 32.2 Å². The lowest BCUT2D eigenvalue weighted by Crippen LogP contribution is -2.45. The molecule has 2 aromatic carbocycles. The molecule has 46 heavy (non-hydrogen) atoms. The minimum atomic E-state index is -0.916. The third-order valence-electron chi connectivity index (χ3n) is 11.0. The van der Waals surface area contributed by atoms with E-state index in [2.05, 4.69) is 19.8 Å². The average Bonchev–Trinajstić information content (AvgIpc) is 3.49. The molecule has 1 aliphatic carbocycles. The summed E-state index contributed by atoms with van der Waals surface area (Å²) in [5, 5.41) is 22.4. The molecular weight excluding hydrogens is 595 g/mol. The van der Waals surface area contributed by atoms with Crippen LogP contribution >= 0.6 is 0 Å². The molecule has 5 heterocycles. The number of anilines is 1. The topological polar surface area (TPSA) is 94.8 Å². The van der Waals surface area contributed by atoms with Crippen molar-refractivity contribution in [2.24, 2.45) is 11.8 Å². The van der Waals surface area contributed by atoms with Gasteiger partial charge < -0.3 is 19.8 Å². The number of pyridine rings is 1. The van der Waals surface area contributed by atoms with Crippen LogP contribution in [0.1, 0.15) is 51.0 Å². The lowest BCUT2D eigenvalue weighted by Gasteiger charge is -2.42. The number of fused-ring (bicyclic) bond motifs is 4. The third kappa shape index (κ3) is 4.76. The van der Waals surface area contributed by atoms with Gasteiger partial charge in [0.2, 0.25) is 0 Å². The number of aryl methyl sites for hydroxylation is 1. The van der Waals surface area contributed by atoms with Crippen LogP contribution in [0, 0.1) is 23.5 Å². The van der Waals surface area contributed by atoms with Gasteiger partial charge in [-0.3, -0.25) is 9.88 Å². The highest BCUT2D eigenvalue weighted by atomic mass is 19.1. The van der Waals surface area contributed by atoms with Crippen LogP contribution in [-0.2, 0) is 6.42 Å². The summed E-state index contributed by atoms with van der Waals surface area (Å²) < 4.78 is 52.6. The van der Waals surface area contributed by atoms with Gasteiger partial charge in [0.25, 0.3) is 0 Å². The summed E-state index contributed by atoms with van der Waals surface area (Å²) in [5.41, 5.74) is 0.208. The van der Waals surface area contributed by atoms with Gasteiger partial charge in [-0.25, -0.2) is 13.2 Å². The van der Waals surface area contributed by atoms with E-state index in [0.29, 0.717) is 72.4 Å². The lowest BCUT2D eigenvalue weighted by atomic mass is 9.69. The summed E-state index contributed by atoms with van der Waals surface area (Å²) in [6.07, 6.45) is 5.35. The molecule has 4 aliphatic rings. The van der Waals surface area contributed by atoms with Crippen molar-refractivity contribution in [3.05, 3.63) is 47.7 Å². The molecule has 0 amide bonds. The Labute approximate surface area is 265 Å². The fraction of sp³-hybridized carbons (Fsp3) is 0.514. The second kappa shape index (κ2) is 11.2. The summed E-state index contributed by atoms with van der Waals surface area (Å²) in [5.74, 6) is -0.165. The number of ether oxygens (including phenoxy) is 1. The Morgan fingerprint density at radius 2 is 1.98 bits per heavy atom. The second-order valence-corrected chi connectivity index (χ2v) is 13.7. The molecule has 4 fully saturated rings. The van der Waals surface area contributed by atoms with Crippen LogP contribution in [0.2, 0.25) is 0 Å². The summed E-state index contributed by atoms with van der Waals surface area (Å²) in [6.45, 7) is 4.57. The first-order valence-corrected chi connectivity index (χ1v) is 16.5. The maximum absolute atomic E-state index is 16.9. The van der Waals surface area contributed by atoms with Crippen molar-refractivity contribution in [2.45, 2.75) is 69.7 Å². The number of hydrogen-bond acceptors (Lipinski definition) is 8. The van der Waals surface area contributed by atoms with Crippen molar-refractivity contribution < 1.29 is 28.1 Å². The largest absolute Gasteiger partial charge is 0.508 e. The number of halogens is 3. The number of nitrogens with zero attached hydrogens (tertiary/aromatic N) is 5. The van der Waals surface area contributed by atoms with Crippen LogP contribution in [0.4, 0.5) is 19.0 Å². The second-order valence-electron chi connectivity index (χ2n) is 13.7. The SMILES string of the molecule is CCc1c(F)ccc2cc(O)cc(-c3ncc4c(N5CCCC6[C@@H](C[C@H]6O)C5)nc(OC[C@@]56CCCN5C[C@H](F)C6)nc4c3F)c12. The predicted molar refractivity (Wildman–Crippen MR) is 169 cm³/mol. The quantitative estimate of drug-likeness (QED) is 0.269. The van der Waals surface area contributed by atoms with Gasteiger partial charge in [0.15, 0.2) is 5.82 Å². The molecule has 3 aliphatic heterocycles. The Balaban J connectivity index is 1.26. The maximum Gasteiger partial charge on any atom is 0.319 e. The average molecular weight is 634 g/mol. The van der Waals surface area contributed by atoms with Crippen molar-refractivity contribution in [1.29, 1.82) is 0 Å². The highest BCUT2D eigenvalue weighted by Crippen LogP contribution is 2.44. The monoisotopic (exact) mass is 633 g/mol. The van der Waals surface area contributed by atoms with E-state index in [1.807, 2.05) is 6.92 Å². The number of aliphatic hydroxyl groups is 1. The van der Waals surface area contributed by atoms with Gasteiger partial charge in [-0.1, -0.05) is 13.0 Å². The van der Waals surface area contributed by atoms with Gasteiger partial charge in [0.05, 0.1) is 17.0 Å². The first-order chi connectivity index (χ1) is 22.2. The number of phenolic OH excluding ortho intramolecular Hbond substituents is 1. The number of benzene rings is 2. The Morgan fingerprint density at radius 3 is 2.80 bits per heavy atom. The predicted octanol–water partition coefficient (Wildman–Crippen LogP) is 5.94. The number of aromatic hydroxyl groups is 1. The molecule has 2 aromatic heterocycles. The molecule has 0 spiro atoms. The van der Waals surface area contributed by atoms with Gasteiger partial charge in [-0.15, -0.1) is 0 Å². The van der Waals surface area contributed by atoms with E-state index < -0.39 is 23.3 Å². The number of alkyl halides is 1. The fourth-order valence-corrected chi connectivity index (χ4v) is 8.70. The molecule has 11 heteroatoms. The van der Waals surface area contributed by atoms with Gasteiger partial charge >= 0.3 is 6.01 Å². The Hall–Kier alpha value is -3.70. The van der Waals surface area contributed by atoms with Crippen molar-refractivity contribution in [3.8, 4) is 23.0 Å². The lowest BCUT2D eigenvalue weighted by molar-refractivity contribution is -0.0299. The van der Waals surface area contributed by atoms with Gasteiger partial charge in [-0.2, -0.15) is 9.97 Å². The molecule has 5 atom stereocenters. The molecule has 2 N–H and O–H groups in total. The summed E-state index contributed by atoms with van der Waals surface area (Å²) in [6, 6.07) is 5.88. The molecule has 0 radical (unpaired) electrons. The minimum absolute atomic E-state index is 0.0117. The van der Waals surface area contributed by atoms with Gasteiger partial charge in [0.1, 0.15) is 41.4 Å². The first-order valence-electron chi connectivity index (χ1n) is 16.5. The van der Waals surface area contributed by atoms with E-state index >= 15 is 4.39 Å². The zero-order chi connectivity index (χ0) is 31.7. The van der Waals surface area contributed by atoms with Crippen LogP contribution in [0.5, 0.6) is 11.8 Å². The summed E-state index contributed by atoms with van der Waals surface area (Å²) in [4.78, 5) is 18.2. The Morgan fingerprint density at radius 1 is 1.11 bits per heavy atom. The highest BCUT2D eigenvalue weighted by Gasteiger charge is 2.49. The van der Waals surface area contributed by atoms with Crippen molar-refractivity contribution in [1.82, 2.24) is 19.9 Å². The molecule has 1 saturated carbocycles. The molecular formula is C35H38F3N5O3. The van der Waals surface area contributed by atoms with Crippen molar-refractivity contribution in [3.63, 3.8) is 0 Å². The molecule has 242 valence electrons. The van der Waals surface area contributed by atoms with Crippen LogP contribution < -0.4 is 9.64 Å². The molecule has 3 saturated heterocycles. The van der Waals surface area contributed by atoms with Gasteiger partial charge in [-0.05, 0) is 91.4 Å². The van der Waals surface area contributed by atoms with Crippen molar-refractivity contribution >= 4 is 27.5 Å². The van der Waals surface area contributed by atoms with Crippen LogP contribution in [0.15, 0.2) is 30.5 Å². The minimum Gasteiger partial charge on any atom is -0.508 e. The summed E-state index contributed by atoms with van der Waals surface area (Å²) in [7, 11) is 0. The van der Waals surface area contributed by atoms with Crippen LogP contribution in [-0.4, -0.2) is 80.7 Å². The Kier molecular flexibility index (Phi) is 7.24. The highest BCUT2D eigenvalue weighted by molar-refractivity contribution is 6.01. The number of rotatable bonds is 6. The van der Waals surface area contributed by atoms with E-state index in [9.17, 15) is 19.0 Å². The van der Waals surface area contributed by atoms with E-state index in [4.69, 9.17) is 9.72 Å². The van der Waals surface area contributed by atoms with Crippen LogP contribution in [0.3, 0.4) is 0 Å². The fourth-order valence-electron chi connectivity index (χ4n) is 8.70. The third-order valence-corrected chi connectivity index (χ3v) is 11.0. The number of phenols is 1. The molecule has 0 bridgehead atoms. The molecule has 1 unspecified atom stereocenters. The number of hydrogen-bond donors (Lipinski definition) is 2. The molecule has 4 aromatic rings. The Bertz CT molecular complexity index is 1840. The summed E-state index contributed by atoms with van der Waals surface area (Å²) >= 11 is 0. The standard InChI is InChI=1S/C35H38F3N5O3/c1-2-23-27(37)7-6-19-11-22(44)13-25(29(19)23)31-30(38)32-26(15-39-31)33(42-9-3-5-24-20(16-42)12-28(24)45)41-34(40-32)46-18-35-8-4-10-43(35)17-21(36)14-35/h6-7,11,13,15,20-21,24,28,44-45H,2-5,8-10,12,14,16-18H2,1H3/t20-,21+,24?,28+,35-/m0/s1. The zero-order valence-electron chi connectivity index (χ0n) is 25.9. The molecule has 8 rings (SSSR count). The first kappa shape index (κ1) is 29.7. The number of aromatic nitrogens is 3. The number of aliphatic hydroxyl groups excluding tert-OH is 1. The van der Waals surface area contributed by atoms with Crippen LogP contribution in [0.25, 0.3) is 32.9 Å². The van der Waals surface area contributed by atoms with E-state index in [-0.39, 0.29) is 47.2 Å². The van der Waals surface area contributed by atoms with Gasteiger partial charge in [0, 0.05) is 37.8 Å². The van der Waals surface area contributed by atoms with E-state index in [1.165, 1.54) is 18.2 Å². The normalized spacial score (nSPS) is 27.9. The zero-order valence-corrected chi connectivity index (χ0v) is 25.9. The smallest absolute Gasteiger partial charge is 0.319 e. The van der Waals surface area contributed by atoms with Crippen molar-refractivity contribution in [2.75, 3.05) is 37.7 Å².